The summed E-state index contributed by atoms with van der Waals surface area (Å²) in [5, 5.41) is -0.931. The summed E-state index contributed by atoms with van der Waals surface area (Å²) in [7, 11) is 0. The minimum absolute atomic E-state index is 0.265. The summed E-state index contributed by atoms with van der Waals surface area (Å²) in [6, 6.07) is 16.2. The van der Waals surface area contributed by atoms with Gasteiger partial charge in [0.25, 0.3) is 0 Å². The zero-order valence-electron chi connectivity index (χ0n) is 14.6. The maximum absolute atomic E-state index is 13.8. The minimum atomic E-state index is -4.48. The Bertz CT molecular complexity index is 800. The lowest BCUT2D eigenvalue weighted by Crippen LogP contribution is -2.47. The van der Waals surface area contributed by atoms with Gasteiger partial charge in [0.05, 0.1) is 6.42 Å². The predicted molar refractivity (Wildman–Crippen MR) is 100 cm³/mol. The van der Waals surface area contributed by atoms with Crippen LogP contribution in [-0.2, 0) is 9.53 Å². The highest BCUT2D eigenvalue weighted by atomic mass is 32.2. The number of rotatable bonds is 4. The van der Waals surface area contributed by atoms with E-state index in [2.05, 4.69) is 0 Å². The van der Waals surface area contributed by atoms with E-state index in [0.717, 1.165) is 22.9 Å². The van der Waals surface area contributed by atoms with Crippen molar-refractivity contribution >= 4 is 23.8 Å². The molecule has 0 N–H and O–H groups in total. The van der Waals surface area contributed by atoms with Crippen LogP contribution in [0.2, 0.25) is 0 Å². The zero-order valence-corrected chi connectivity index (χ0v) is 15.5. The van der Waals surface area contributed by atoms with Crippen LogP contribution in [0.4, 0.5) is 13.2 Å². The second-order valence-electron chi connectivity index (χ2n) is 6.47. The number of aryl methyl sites for hydroxylation is 1. The van der Waals surface area contributed by atoms with Crippen LogP contribution in [-0.4, -0.2) is 23.5 Å². The van der Waals surface area contributed by atoms with E-state index in [4.69, 9.17) is 4.74 Å². The Morgan fingerprint density at radius 2 is 1.74 bits per heavy atom. The first-order valence-corrected chi connectivity index (χ1v) is 9.43. The van der Waals surface area contributed by atoms with Gasteiger partial charge in [-0.25, -0.2) is 0 Å². The van der Waals surface area contributed by atoms with E-state index < -0.39 is 29.4 Å². The molecular weight excluding hydrogens is 373 g/mol. The largest absolute Gasteiger partial charge is 0.457 e. The van der Waals surface area contributed by atoms with Crippen molar-refractivity contribution in [2.75, 3.05) is 0 Å². The summed E-state index contributed by atoms with van der Waals surface area (Å²) in [4.78, 5) is 12.7. The number of carbonyl (C=O) groups is 1. The number of esters is 1. The van der Waals surface area contributed by atoms with E-state index >= 15 is 0 Å². The SMILES string of the molecule is Cc1ccc(S[C@H]2CC(=O)O[C@@H](/C=C/c3ccccc3)[C@@H]2C(F)(F)F)cc1. The van der Waals surface area contributed by atoms with E-state index in [-0.39, 0.29) is 6.42 Å². The molecule has 1 fully saturated rings. The van der Waals surface area contributed by atoms with Crippen molar-refractivity contribution in [3.63, 3.8) is 0 Å². The van der Waals surface area contributed by atoms with Gasteiger partial charge in [-0.1, -0.05) is 54.1 Å². The minimum Gasteiger partial charge on any atom is -0.457 e. The summed E-state index contributed by atoms with van der Waals surface area (Å²) in [6.07, 6.45) is -3.18. The fourth-order valence-corrected chi connectivity index (χ4v) is 4.33. The molecule has 6 heteroatoms. The molecule has 0 aliphatic carbocycles. The standard InChI is InChI=1S/C21H19F3O2S/c1-14-7-10-16(11-8-14)27-18-13-19(25)26-17(20(18)21(22,23)24)12-9-15-5-3-2-4-6-15/h2-12,17-18,20H,13H2,1H3/b12-9+/t17-,18-,20-/m0/s1. The molecule has 0 amide bonds. The van der Waals surface area contributed by atoms with Crippen molar-refractivity contribution < 1.29 is 22.7 Å². The van der Waals surface area contributed by atoms with Crippen LogP contribution in [0.5, 0.6) is 0 Å². The Kier molecular flexibility index (Phi) is 5.95. The molecule has 3 atom stereocenters. The van der Waals surface area contributed by atoms with Crippen molar-refractivity contribution in [2.24, 2.45) is 5.92 Å². The van der Waals surface area contributed by atoms with Gasteiger partial charge in [-0.2, -0.15) is 13.2 Å². The zero-order chi connectivity index (χ0) is 19.4. The highest BCUT2D eigenvalue weighted by Gasteiger charge is 2.53. The van der Waals surface area contributed by atoms with Crippen LogP contribution in [0.1, 0.15) is 17.5 Å². The van der Waals surface area contributed by atoms with Crippen LogP contribution in [0.25, 0.3) is 6.08 Å². The molecule has 1 heterocycles. The van der Waals surface area contributed by atoms with Gasteiger partial charge in [-0.15, -0.1) is 11.8 Å². The van der Waals surface area contributed by atoms with Gasteiger partial charge in [0.1, 0.15) is 12.0 Å². The smallest absolute Gasteiger partial charge is 0.396 e. The third-order valence-corrected chi connectivity index (χ3v) is 5.66. The number of halogens is 3. The molecule has 0 unspecified atom stereocenters. The van der Waals surface area contributed by atoms with Gasteiger partial charge < -0.3 is 4.74 Å². The number of benzene rings is 2. The molecule has 2 aromatic rings. The molecule has 0 spiro atoms. The number of hydrogen-bond donors (Lipinski definition) is 0. The summed E-state index contributed by atoms with van der Waals surface area (Å²) in [5.41, 5.74) is 1.78. The molecule has 0 bridgehead atoms. The first-order valence-electron chi connectivity index (χ1n) is 8.56. The number of carbonyl (C=O) groups excluding carboxylic acids is 1. The Hall–Kier alpha value is -2.21. The molecule has 142 valence electrons. The van der Waals surface area contributed by atoms with Crippen LogP contribution < -0.4 is 0 Å². The number of alkyl halides is 3. The Morgan fingerprint density at radius 3 is 2.37 bits per heavy atom. The van der Waals surface area contributed by atoms with E-state index in [1.54, 1.807) is 42.5 Å². The first-order chi connectivity index (χ1) is 12.8. The fourth-order valence-electron chi connectivity index (χ4n) is 3.01. The second-order valence-corrected chi connectivity index (χ2v) is 7.78. The van der Waals surface area contributed by atoms with E-state index in [1.165, 1.54) is 6.08 Å². The van der Waals surface area contributed by atoms with Gasteiger partial charge in [0.15, 0.2) is 0 Å². The van der Waals surface area contributed by atoms with Crippen molar-refractivity contribution in [3.8, 4) is 0 Å². The number of thioether (sulfide) groups is 1. The van der Waals surface area contributed by atoms with Crippen molar-refractivity contribution in [3.05, 3.63) is 71.8 Å². The average Bonchev–Trinajstić information content (AvgIpc) is 2.61. The van der Waals surface area contributed by atoms with Gasteiger partial charge in [-0.05, 0) is 30.7 Å². The van der Waals surface area contributed by atoms with Crippen molar-refractivity contribution in [2.45, 2.75) is 35.8 Å². The van der Waals surface area contributed by atoms with E-state index in [9.17, 15) is 18.0 Å². The lowest BCUT2D eigenvalue weighted by molar-refractivity contribution is -0.211. The Balaban J connectivity index is 1.86. The third kappa shape index (κ3) is 5.16. The van der Waals surface area contributed by atoms with Gasteiger partial charge in [-0.3, -0.25) is 4.79 Å². The normalized spacial score (nSPS) is 23.4. The molecule has 2 nitrogen and oxygen atoms in total. The summed E-state index contributed by atoms with van der Waals surface area (Å²) in [5.74, 6) is -2.37. The lowest BCUT2D eigenvalue weighted by atomic mass is 9.92. The average molecular weight is 392 g/mol. The third-order valence-electron chi connectivity index (χ3n) is 4.35. The summed E-state index contributed by atoms with van der Waals surface area (Å²) < 4.78 is 46.5. The number of cyclic esters (lactones) is 1. The number of hydrogen-bond acceptors (Lipinski definition) is 3. The van der Waals surface area contributed by atoms with Crippen molar-refractivity contribution in [1.29, 1.82) is 0 Å². The molecule has 3 rings (SSSR count). The maximum atomic E-state index is 13.8. The predicted octanol–water partition coefficient (Wildman–Crippen LogP) is 5.66. The van der Waals surface area contributed by atoms with E-state index in [1.807, 2.05) is 25.1 Å². The molecule has 0 radical (unpaired) electrons. The Morgan fingerprint density at radius 1 is 1.07 bits per heavy atom. The molecule has 1 aliphatic rings. The molecule has 1 aliphatic heterocycles. The van der Waals surface area contributed by atoms with Gasteiger partial charge in [0, 0.05) is 10.1 Å². The van der Waals surface area contributed by atoms with Gasteiger partial charge >= 0.3 is 12.1 Å². The lowest BCUT2D eigenvalue weighted by Gasteiger charge is -2.36. The van der Waals surface area contributed by atoms with Crippen LogP contribution in [0.3, 0.4) is 0 Å². The van der Waals surface area contributed by atoms with E-state index in [0.29, 0.717) is 4.90 Å². The second kappa shape index (κ2) is 8.21. The first kappa shape index (κ1) is 19.5. The van der Waals surface area contributed by atoms with Crippen LogP contribution >= 0.6 is 11.8 Å². The maximum Gasteiger partial charge on any atom is 0.396 e. The highest BCUT2D eigenvalue weighted by Crippen LogP contribution is 2.44. The highest BCUT2D eigenvalue weighted by molar-refractivity contribution is 8.00. The Labute approximate surface area is 160 Å². The number of ether oxygens (including phenoxy) is 1. The van der Waals surface area contributed by atoms with Gasteiger partial charge in [0.2, 0.25) is 0 Å². The fraction of sp³-hybridized carbons (Fsp3) is 0.286. The molecule has 27 heavy (non-hydrogen) atoms. The molecule has 2 aromatic carbocycles. The topological polar surface area (TPSA) is 26.3 Å². The van der Waals surface area contributed by atoms with Crippen molar-refractivity contribution in [1.82, 2.24) is 0 Å². The summed E-state index contributed by atoms with van der Waals surface area (Å²) >= 11 is 1.08. The monoisotopic (exact) mass is 392 g/mol. The quantitative estimate of drug-likeness (QED) is 0.628. The molecular formula is C21H19F3O2S. The molecule has 0 aromatic heterocycles. The summed E-state index contributed by atoms with van der Waals surface area (Å²) in [6.45, 7) is 1.91. The molecule has 1 saturated heterocycles. The molecule has 0 saturated carbocycles. The van der Waals surface area contributed by atoms with Crippen LogP contribution in [0, 0.1) is 12.8 Å². The van der Waals surface area contributed by atoms with Crippen LogP contribution in [0.15, 0.2) is 65.6 Å².